The number of hydrogen-bond acceptors (Lipinski definition) is 2. The van der Waals surface area contributed by atoms with Gasteiger partial charge in [-0.3, -0.25) is 4.79 Å². The molecule has 0 radical (unpaired) electrons. The third-order valence-corrected chi connectivity index (χ3v) is 4.24. The number of benzene rings is 1. The van der Waals surface area contributed by atoms with Crippen LogP contribution in [-0.2, 0) is 4.79 Å². The lowest BCUT2D eigenvalue weighted by atomic mass is 9.98. The van der Waals surface area contributed by atoms with Crippen LogP contribution in [0.25, 0.3) is 0 Å². The molecule has 4 atom stereocenters. The van der Waals surface area contributed by atoms with E-state index in [2.05, 4.69) is 6.92 Å². The van der Waals surface area contributed by atoms with Gasteiger partial charge in [-0.25, -0.2) is 4.39 Å². The van der Waals surface area contributed by atoms with Crippen molar-refractivity contribution in [1.29, 1.82) is 0 Å². The van der Waals surface area contributed by atoms with E-state index in [1.165, 1.54) is 6.07 Å². The molecule has 1 aliphatic rings. The van der Waals surface area contributed by atoms with Crippen molar-refractivity contribution in [1.82, 2.24) is 4.90 Å². The fourth-order valence-electron chi connectivity index (χ4n) is 2.82. The summed E-state index contributed by atoms with van der Waals surface area (Å²) in [4.78, 5) is 14.4. The van der Waals surface area contributed by atoms with E-state index < -0.39 is 0 Å². The minimum Gasteiger partial charge on any atom is -0.335 e. The zero-order valence-electron chi connectivity index (χ0n) is 12.3. The lowest BCUT2D eigenvalue weighted by Gasteiger charge is -2.29. The first-order valence-electron chi connectivity index (χ1n) is 7.22. The number of nitrogens with two attached hydrogens (primary N) is 1. The molecule has 0 aromatic heterocycles. The van der Waals surface area contributed by atoms with Crippen LogP contribution in [0, 0.1) is 17.7 Å². The number of likely N-dealkylation sites (tertiary alicyclic amines) is 1. The summed E-state index contributed by atoms with van der Waals surface area (Å²) in [6.07, 6.45) is 0.804. The van der Waals surface area contributed by atoms with E-state index in [1.807, 2.05) is 19.9 Å². The minimum absolute atomic E-state index is 0.0256. The lowest BCUT2D eigenvalue weighted by molar-refractivity contribution is -0.136. The van der Waals surface area contributed by atoms with Crippen LogP contribution >= 0.6 is 0 Å². The summed E-state index contributed by atoms with van der Waals surface area (Å²) in [6.45, 7) is 6.45. The molecule has 1 saturated heterocycles. The van der Waals surface area contributed by atoms with Crippen molar-refractivity contribution in [3.8, 4) is 0 Å². The second-order valence-corrected chi connectivity index (χ2v) is 6.02. The summed E-state index contributed by atoms with van der Waals surface area (Å²) in [7, 11) is 0. The van der Waals surface area contributed by atoms with Gasteiger partial charge in [0, 0.05) is 18.2 Å². The minimum atomic E-state index is -0.241. The highest BCUT2D eigenvalue weighted by molar-refractivity contribution is 5.80. The maximum absolute atomic E-state index is 14.0. The molecule has 2 rings (SSSR count). The van der Waals surface area contributed by atoms with Crippen LogP contribution in [0.5, 0.6) is 0 Å². The number of nitrogens with zero attached hydrogens (tertiary/aromatic N) is 1. The quantitative estimate of drug-likeness (QED) is 0.924. The van der Waals surface area contributed by atoms with Gasteiger partial charge in [0.1, 0.15) is 5.82 Å². The molecular weight excluding hydrogens is 255 g/mol. The Kier molecular flexibility index (Phi) is 4.43. The normalized spacial score (nSPS) is 25.6. The van der Waals surface area contributed by atoms with Gasteiger partial charge in [-0.15, -0.1) is 0 Å². The topological polar surface area (TPSA) is 46.3 Å². The van der Waals surface area contributed by atoms with Crippen molar-refractivity contribution in [2.24, 2.45) is 17.6 Å². The van der Waals surface area contributed by atoms with E-state index in [9.17, 15) is 9.18 Å². The maximum Gasteiger partial charge on any atom is 0.227 e. The summed E-state index contributed by atoms with van der Waals surface area (Å²) in [6, 6.07) is 6.36. The predicted octanol–water partition coefficient (Wildman–Crippen LogP) is 2.72. The molecule has 0 bridgehead atoms. The largest absolute Gasteiger partial charge is 0.335 e. The van der Waals surface area contributed by atoms with Gasteiger partial charge in [0.15, 0.2) is 0 Å². The van der Waals surface area contributed by atoms with Crippen LogP contribution < -0.4 is 5.73 Å². The highest BCUT2D eigenvalue weighted by Crippen LogP contribution is 2.37. The number of amides is 1. The molecule has 20 heavy (non-hydrogen) atoms. The highest BCUT2D eigenvalue weighted by Gasteiger charge is 2.37. The first-order chi connectivity index (χ1) is 9.41. The highest BCUT2D eigenvalue weighted by atomic mass is 19.1. The lowest BCUT2D eigenvalue weighted by Crippen LogP contribution is -2.41. The van der Waals surface area contributed by atoms with Crippen LogP contribution in [0.2, 0.25) is 0 Å². The summed E-state index contributed by atoms with van der Waals surface area (Å²) < 4.78 is 14.0. The van der Waals surface area contributed by atoms with Gasteiger partial charge in [-0.1, -0.05) is 32.0 Å². The average molecular weight is 278 g/mol. The average Bonchev–Trinajstić information content (AvgIpc) is 2.79. The number of carbonyl (C=O) groups excluding carboxylic acids is 1. The van der Waals surface area contributed by atoms with Crippen molar-refractivity contribution in [3.05, 3.63) is 35.6 Å². The van der Waals surface area contributed by atoms with E-state index in [0.29, 0.717) is 18.0 Å². The first kappa shape index (κ1) is 15.0. The first-order valence-corrected chi connectivity index (χ1v) is 7.22. The second-order valence-electron chi connectivity index (χ2n) is 6.02. The molecule has 1 fully saturated rings. The van der Waals surface area contributed by atoms with Crippen molar-refractivity contribution in [2.75, 3.05) is 6.54 Å². The van der Waals surface area contributed by atoms with Crippen LogP contribution in [-0.4, -0.2) is 23.4 Å². The van der Waals surface area contributed by atoms with Gasteiger partial charge in [0.25, 0.3) is 0 Å². The molecule has 110 valence electrons. The molecule has 4 heteroatoms. The SMILES string of the molecule is CC1CC(c2ccccc2F)N(C(=O)C(C)C(C)N)C1. The molecule has 0 aliphatic carbocycles. The zero-order chi connectivity index (χ0) is 14.9. The Hall–Kier alpha value is -1.42. The molecule has 2 N–H and O–H groups in total. The third kappa shape index (κ3) is 2.85. The van der Waals surface area contributed by atoms with Gasteiger partial charge in [-0.05, 0) is 25.3 Å². The third-order valence-electron chi connectivity index (χ3n) is 4.24. The van der Waals surface area contributed by atoms with Crippen molar-refractivity contribution >= 4 is 5.91 Å². The molecule has 0 spiro atoms. The monoisotopic (exact) mass is 278 g/mol. The Morgan fingerprint density at radius 2 is 2.05 bits per heavy atom. The second kappa shape index (κ2) is 5.92. The van der Waals surface area contributed by atoms with Gasteiger partial charge < -0.3 is 10.6 Å². The van der Waals surface area contributed by atoms with Crippen LogP contribution in [0.3, 0.4) is 0 Å². The number of hydrogen-bond donors (Lipinski definition) is 1. The fraction of sp³-hybridized carbons (Fsp3) is 0.562. The Morgan fingerprint density at radius 1 is 1.40 bits per heavy atom. The number of carbonyl (C=O) groups is 1. The fourth-order valence-corrected chi connectivity index (χ4v) is 2.82. The molecule has 1 aliphatic heterocycles. The van der Waals surface area contributed by atoms with E-state index >= 15 is 0 Å². The van der Waals surface area contributed by atoms with Gasteiger partial charge in [-0.2, -0.15) is 0 Å². The van der Waals surface area contributed by atoms with Crippen LogP contribution in [0.4, 0.5) is 4.39 Å². The summed E-state index contributed by atoms with van der Waals surface area (Å²) in [5.74, 6) is -0.0751. The Morgan fingerprint density at radius 3 is 2.65 bits per heavy atom. The molecule has 1 heterocycles. The van der Waals surface area contributed by atoms with E-state index in [-0.39, 0.29) is 29.7 Å². The molecule has 0 saturated carbocycles. The van der Waals surface area contributed by atoms with Crippen LogP contribution in [0.15, 0.2) is 24.3 Å². The number of rotatable bonds is 3. The molecule has 1 amide bonds. The Bertz CT molecular complexity index is 489. The molecule has 4 unspecified atom stereocenters. The van der Waals surface area contributed by atoms with Gasteiger partial charge in [0.2, 0.25) is 5.91 Å². The predicted molar refractivity (Wildman–Crippen MR) is 77.4 cm³/mol. The Balaban J connectivity index is 2.28. The van der Waals surface area contributed by atoms with Crippen molar-refractivity contribution in [3.63, 3.8) is 0 Å². The smallest absolute Gasteiger partial charge is 0.227 e. The zero-order valence-corrected chi connectivity index (χ0v) is 12.3. The number of halogens is 1. The molecule has 1 aromatic carbocycles. The van der Waals surface area contributed by atoms with Gasteiger partial charge >= 0.3 is 0 Å². The van der Waals surface area contributed by atoms with Crippen molar-refractivity contribution < 1.29 is 9.18 Å². The van der Waals surface area contributed by atoms with Crippen molar-refractivity contribution in [2.45, 2.75) is 39.3 Å². The van der Waals surface area contributed by atoms with E-state index in [4.69, 9.17) is 5.73 Å². The molecular formula is C16H23FN2O. The summed E-state index contributed by atoms with van der Waals surface area (Å²) >= 11 is 0. The summed E-state index contributed by atoms with van der Waals surface area (Å²) in [5, 5.41) is 0. The molecule has 1 aromatic rings. The summed E-state index contributed by atoms with van der Waals surface area (Å²) in [5.41, 5.74) is 6.44. The molecule has 3 nitrogen and oxygen atoms in total. The van der Waals surface area contributed by atoms with Gasteiger partial charge in [0.05, 0.1) is 12.0 Å². The van der Waals surface area contributed by atoms with E-state index in [1.54, 1.807) is 17.0 Å². The maximum atomic E-state index is 14.0. The standard InChI is InChI=1S/C16H23FN2O/c1-10-8-15(13-6-4-5-7-14(13)17)19(9-10)16(20)11(2)12(3)18/h4-7,10-12,15H,8-9,18H2,1-3H3. The Labute approximate surface area is 120 Å². The van der Waals surface area contributed by atoms with E-state index in [0.717, 1.165) is 6.42 Å². The van der Waals surface area contributed by atoms with Crippen LogP contribution in [0.1, 0.15) is 38.8 Å².